The van der Waals surface area contributed by atoms with Crippen molar-refractivity contribution in [2.45, 2.75) is 25.1 Å². The largest absolute Gasteiger partial charge is 0.545 e. The van der Waals surface area contributed by atoms with Crippen molar-refractivity contribution >= 4 is 5.97 Å². The predicted octanol–water partition coefficient (Wildman–Crippen LogP) is -0.0655. The van der Waals surface area contributed by atoms with Gasteiger partial charge in [0.25, 0.3) is 0 Å². The predicted molar refractivity (Wildman–Crippen MR) is 35.3 cm³/mol. The van der Waals surface area contributed by atoms with E-state index in [1.54, 1.807) is 0 Å². The second-order valence-corrected chi connectivity index (χ2v) is 2.76. The van der Waals surface area contributed by atoms with Crippen LogP contribution in [0.3, 0.4) is 0 Å². The van der Waals surface area contributed by atoms with Gasteiger partial charge in [0.1, 0.15) is 6.04 Å². The molecular formula is C7H7F3NO2-. The number of carbonyl (C=O) groups excluding carboxylic acids is 1. The fraction of sp³-hybridized carbons (Fsp3) is 0.571. The zero-order chi connectivity index (χ0) is 10.1. The summed E-state index contributed by atoms with van der Waals surface area (Å²) >= 11 is 0. The number of nitrogens with one attached hydrogen (secondary N) is 1. The molecular weight excluding hydrogens is 187 g/mol. The van der Waals surface area contributed by atoms with Crippen LogP contribution in [0, 0.1) is 0 Å². The number of hydrogen-bond donors (Lipinski definition) is 1. The van der Waals surface area contributed by atoms with Gasteiger partial charge in [-0.3, -0.25) is 0 Å². The molecule has 3 nitrogen and oxygen atoms in total. The van der Waals surface area contributed by atoms with Crippen molar-refractivity contribution in [3.05, 3.63) is 11.8 Å². The van der Waals surface area contributed by atoms with Gasteiger partial charge in [0.15, 0.2) is 0 Å². The van der Waals surface area contributed by atoms with Crippen LogP contribution in [0.25, 0.3) is 0 Å². The van der Waals surface area contributed by atoms with Crippen LogP contribution in [0.15, 0.2) is 11.8 Å². The van der Waals surface area contributed by atoms with Crippen molar-refractivity contribution in [1.82, 2.24) is 5.32 Å². The summed E-state index contributed by atoms with van der Waals surface area (Å²) in [6.07, 6.45) is -3.84. The normalized spacial score (nSPS) is 23.3. The first-order chi connectivity index (χ1) is 5.91. The summed E-state index contributed by atoms with van der Waals surface area (Å²) in [5.74, 6) is -1.42. The summed E-state index contributed by atoms with van der Waals surface area (Å²) in [6.45, 7) is 0. The van der Waals surface area contributed by atoms with Crippen molar-refractivity contribution < 1.29 is 23.1 Å². The number of rotatable bonds is 1. The highest BCUT2D eigenvalue weighted by Gasteiger charge is 2.39. The molecule has 0 saturated carbocycles. The summed E-state index contributed by atoms with van der Waals surface area (Å²) < 4.78 is 36.0. The molecule has 1 N–H and O–H groups in total. The average Bonchev–Trinajstić information content (AvgIpc) is 2.03. The Labute approximate surface area is 72.2 Å². The molecule has 0 saturated heterocycles. The minimum Gasteiger partial charge on any atom is -0.545 e. The average molecular weight is 194 g/mol. The second kappa shape index (κ2) is 3.27. The maximum Gasteiger partial charge on any atom is 0.408 e. The van der Waals surface area contributed by atoms with E-state index in [1.807, 2.05) is 5.32 Å². The summed E-state index contributed by atoms with van der Waals surface area (Å²) in [4.78, 5) is 10.2. The second-order valence-electron chi connectivity index (χ2n) is 2.76. The van der Waals surface area contributed by atoms with Gasteiger partial charge in [-0.1, -0.05) is 0 Å². The van der Waals surface area contributed by atoms with E-state index in [0.717, 1.165) is 6.20 Å². The summed E-state index contributed by atoms with van der Waals surface area (Å²) in [6, 6.07) is -1.64. The van der Waals surface area contributed by atoms with Crippen molar-refractivity contribution in [3.8, 4) is 0 Å². The fourth-order valence-corrected chi connectivity index (χ4v) is 1.08. The summed E-state index contributed by atoms with van der Waals surface area (Å²) in [5, 5.41) is 12.2. The molecule has 74 valence electrons. The lowest BCUT2D eigenvalue weighted by Gasteiger charge is -2.26. The monoisotopic (exact) mass is 194 g/mol. The lowest BCUT2D eigenvalue weighted by molar-refractivity contribution is -0.299. The van der Waals surface area contributed by atoms with Crippen LogP contribution in [0.2, 0.25) is 0 Å². The van der Waals surface area contributed by atoms with Crippen LogP contribution in [-0.4, -0.2) is 18.2 Å². The van der Waals surface area contributed by atoms with Crippen molar-refractivity contribution in [2.24, 2.45) is 0 Å². The molecule has 1 rings (SSSR count). The Kier molecular flexibility index (Phi) is 2.49. The molecule has 0 aliphatic carbocycles. The summed E-state index contributed by atoms with van der Waals surface area (Å²) in [5.41, 5.74) is -0.125. The van der Waals surface area contributed by atoms with Gasteiger partial charge in [0.2, 0.25) is 0 Å². The Morgan fingerprint density at radius 3 is 2.54 bits per heavy atom. The standard InChI is InChI=1S/C7H8F3NO2/c8-7(9,10)5-2-1-4(3-11-5)6(12)13/h3,5,11H,1-2H2,(H,12,13)/p-1. The first kappa shape index (κ1) is 9.88. The van der Waals surface area contributed by atoms with Gasteiger partial charge in [-0.05, 0) is 18.4 Å². The highest BCUT2D eigenvalue weighted by atomic mass is 19.4. The molecule has 1 unspecified atom stereocenters. The third-order valence-corrected chi connectivity index (χ3v) is 1.82. The molecule has 0 aromatic heterocycles. The number of alkyl halides is 3. The number of halogens is 3. The molecule has 1 atom stereocenters. The number of carboxylic acid groups (broad SMARTS) is 1. The van der Waals surface area contributed by atoms with Crippen molar-refractivity contribution in [3.63, 3.8) is 0 Å². The zero-order valence-corrected chi connectivity index (χ0v) is 6.52. The van der Waals surface area contributed by atoms with Crippen LogP contribution in [0.1, 0.15) is 12.8 Å². The number of aliphatic carboxylic acids is 1. The van der Waals surface area contributed by atoms with Gasteiger partial charge in [-0.2, -0.15) is 13.2 Å². The SMILES string of the molecule is O=C([O-])C1=CNC(C(F)(F)F)CC1. The summed E-state index contributed by atoms with van der Waals surface area (Å²) in [7, 11) is 0. The Bertz CT molecular complexity index is 247. The Morgan fingerprint density at radius 2 is 2.23 bits per heavy atom. The quantitative estimate of drug-likeness (QED) is 0.636. The number of hydrogen-bond acceptors (Lipinski definition) is 3. The lowest BCUT2D eigenvalue weighted by Crippen LogP contribution is -2.43. The number of carbonyl (C=O) groups is 1. The molecule has 0 fully saturated rings. The van der Waals surface area contributed by atoms with E-state index in [0.29, 0.717) is 0 Å². The molecule has 1 heterocycles. The molecule has 0 bridgehead atoms. The van der Waals surface area contributed by atoms with E-state index in [2.05, 4.69) is 0 Å². The third kappa shape index (κ3) is 2.37. The van der Waals surface area contributed by atoms with Gasteiger partial charge in [-0.25, -0.2) is 0 Å². The highest BCUT2D eigenvalue weighted by Crippen LogP contribution is 2.26. The Morgan fingerprint density at radius 1 is 1.62 bits per heavy atom. The molecule has 0 spiro atoms. The van der Waals surface area contributed by atoms with Crippen LogP contribution < -0.4 is 10.4 Å². The molecule has 6 heteroatoms. The van der Waals surface area contributed by atoms with Crippen molar-refractivity contribution in [1.29, 1.82) is 0 Å². The zero-order valence-electron chi connectivity index (χ0n) is 6.52. The van der Waals surface area contributed by atoms with E-state index in [9.17, 15) is 23.1 Å². The third-order valence-electron chi connectivity index (χ3n) is 1.82. The molecule has 1 aliphatic rings. The van der Waals surface area contributed by atoms with E-state index < -0.39 is 18.2 Å². The van der Waals surface area contributed by atoms with Crippen molar-refractivity contribution in [2.75, 3.05) is 0 Å². The first-order valence-electron chi connectivity index (χ1n) is 3.64. The van der Waals surface area contributed by atoms with E-state index in [4.69, 9.17) is 0 Å². The van der Waals surface area contributed by atoms with Crippen LogP contribution in [-0.2, 0) is 4.79 Å². The first-order valence-corrected chi connectivity index (χ1v) is 3.64. The van der Waals surface area contributed by atoms with Crippen LogP contribution in [0.4, 0.5) is 13.2 Å². The molecule has 1 aliphatic heterocycles. The van der Waals surface area contributed by atoms with E-state index in [-0.39, 0.29) is 18.4 Å². The van der Waals surface area contributed by atoms with E-state index in [1.165, 1.54) is 0 Å². The molecule has 0 amide bonds. The van der Waals surface area contributed by atoms with Crippen LogP contribution in [0.5, 0.6) is 0 Å². The van der Waals surface area contributed by atoms with Gasteiger partial charge >= 0.3 is 6.18 Å². The van der Waals surface area contributed by atoms with Crippen LogP contribution >= 0.6 is 0 Å². The topological polar surface area (TPSA) is 52.2 Å². The lowest BCUT2D eigenvalue weighted by atomic mass is 10.0. The Hall–Kier alpha value is -1.20. The van der Waals surface area contributed by atoms with Gasteiger partial charge < -0.3 is 15.2 Å². The molecule has 0 aromatic carbocycles. The fourth-order valence-electron chi connectivity index (χ4n) is 1.08. The molecule has 13 heavy (non-hydrogen) atoms. The molecule has 0 radical (unpaired) electrons. The number of carboxylic acids is 1. The maximum absolute atomic E-state index is 12.0. The van der Waals surface area contributed by atoms with E-state index >= 15 is 0 Å². The Balaban J connectivity index is 2.61. The van der Waals surface area contributed by atoms with Gasteiger partial charge in [0.05, 0.1) is 5.97 Å². The van der Waals surface area contributed by atoms with Gasteiger partial charge in [0, 0.05) is 6.20 Å². The maximum atomic E-state index is 12.0. The minimum absolute atomic E-state index is 0.112. The minimum atomic E-state index is -4.33. The smallest absolute Gasteiger partial charge is 0.408 e. The highest BCUT2D eigenvalue weighted by molar-refractivity contribution is 5.84. The molecule has 0 aromatic rings. The van der Waals surface area contributed by atoms with Gasteiger partial charge in [-0.15, -0.1) is 0 Å².